The number of hydrogen-bond donors (Lipinski definition) is 1. The van der Waals surface area contributed by atoms with E-state index in [-0.39, 0.29) is 5.91 Å². The maximum atomic E-state index is 12.6. The van der Waals surface area contributed by atoms with Crippen LogP contribution in [-0.2, 0) is 0 Å². The van der Waals surface area contributed by atoms with Crippen LogP contribution >= 0.6 is 0 Å². The normalized spacial score (nSPS) is 11.4. The minimum atomic E-state index is 0.00980. The minimum absolute atomic E-state index is 0.00980. The fourth-order valence-electron chi connectivity index (χ4n) is 6.57. The second-order valence-electron chi connectivity index (χ2n) is 14.0. The predicted molar refractivity (Wildman–Crippen MR) is 202 cm³/mol. The largest absolute Gasteiger partial charge is 0.497 e. The molecule has 0 aliphatic carbocycles. The van der Waals surface area contributed by atoms with Gasteiger partial charge in [0, 0.05) is 18.7 Å². The molecule has 0 atom stereocenters. The molecule has 0 fully saturated rings. The first kappa shape index (κ1) is 42.5. The van der Waals surface area contributed by atoms with Gasteiger partial charge in [0.15, 0.2) is 0 Å². The van der Waals surface area contributed by atoms with Crippen LogP contribution in [0.1, 0.15) is 204 Å². The van der Waals surface area contributed by atoms with E-state index in [4.69, 9.17) is 4.74 Å². The molecule has 0 bridgehead atoms. The molecule has 0 aromatic heterocycles. The Kier molecular flexibility index (Phi) is 30.8. The second-order valence-corrected chi connectivity index (χ2v) is 14.0. The van der Waals surface area contributed by atoms with Crippen molar-refractivity contribution in [3.8, 4) is 5.75 Å². The van der Waals surface area contributed by atoms with E-state index in [2.05, 4.69) is 24.1 Å². The first-order chi connectivity index (χ1) is 22.7. The minimum Gasteiger partial charge on any atom is -0.497 e. The molecule has 0 saturated carbocycles. The lowest BCUT2D eigenvalue weighted by Crippen LogP contribution is -2.36. The highest BCUT2D eigenvalue weighted by Gasteiger charge is 2.09. The number of rotatable bonds is 35. The number of nitrogens with one attached hydrogen (secondary N) is 1. The Morgan fingerprint density at radius 2 is 0.826 bits per heavy atom. The van der Waals surface area contributed by atoms with Gasteiger partial charge >= 0.3 is 0 Å². The molecule has 268 valence electrons. The molecule has 4 heteroatoms. The molecule has 0 aliphatic heterocycles. The highest BCUT2D eigenvalue weighted by molar-refractivity contribution is 5.94. The fraction of sp³-hybridized carbons (Fsp3) is 0.833. The number of carbonyl (C=O) groups is 1. The van der Waals surface area contributed by atoms with E-state index in [1.54, 1.807) is 7.11 Å². The van der Waals surface area contributed by atoms with Crippen molar-refractivity contribution in [2.75, 3.05) is 33.3 Å². The third kappa shape index (κ3) is 26.5. The smallest absolute Gasteiger partial charge is 0.251 e. The third-order valence-electron chi connectivity index (χ3n) is 9.72. The number of ether oxygens (including phenoxy) is 1. The van der Waals surface area contributed by atoms with Crippen LogP contribution in [0.2, 0.25) is 0 Å². The summed E-state index contributed by atoms with van der Waals surface area (Å²) < 4.78 is 5.23. The van der Waals surface area contributed by atoms with Gasteiger partial charge in [-0.25, -0.2) is 0 Å². The molecule has 0 saturated heterocycles. The van der Waals surface area contributed by atoms with Crippen molar-refractivity contribution in [3.63, 3.8) is 0 Å². The lowest BCUT2D eigenvalue weighted by molar-refractivity contribution is 0.0948. The van der Waals surface area contributed by atoms with Crippen LogP contribution in [0.25, 0.3) is 0 Å². The van der Waals surface area contributed by atoms with Crippen molar-refractivity contribution in [1.29, 1.82) is 0 Å². The molecule has 0 radical (unpaired) electrons. The Hall–Kier alpha value is -1.55. The molecular weight excluding hydrogens is 564 g/mol. The van der Waals surface area contributed by atoms with Crippen LogP contribution in [0.5, 0.6) is 5.75 Å². The molecule has 1 N–H and O–H groups in total. The van der Waals surface area contributed by atoms with Crippen LogP contribution in [0.3, 0.4) is 0 Å². The topological polar surface area (TPSA) is 41.6 Å². The molecule has 0 spiro atoms. The van der Waals surface area contributed by atoms with Crippen molar-refractivity contribution >= 4 is 5.91 Å². The summed E-state index contributed by atoms with van der Waals surface area (Å²) in [6.45, 7) is 8.57. The number of benzene rings is 1. The first-order valence-corrected chi connectivity index (χ1v) is 20.4. The SMILES string of the molecule is CCCCCCCCCCCCCCCCN(CCCCCCCCCCCCCCCC)CCNC(=O)c1ccc(OC)cc1. The standard InChI is InChI=1S/C42H78N2O2/c1-4-6-8-10-12-14-16-18-20-22-24-26-28-30-37-44(39-36-43-42(45)40-32-34-41(46-3)35-33-40)38-31-29-27-25-23-21-19-17-15-13-11-9-7-5-2/h32-35H,4-31,36-39H2,1-3H3,(H,43,45). The highest BCUT2D eigenvalue weighted by Crippen LogP contribution is 2.15. The van der Waals surface area contributed by atoms with E-state index >= 15 is 0 Å². The van der Waals surface area contributed by atoms with Gasteiger partial charge in [0.05, 0.1) is 7.11 Å². The van der Waals surface area contributed by atoms with Crippen molar-refractivity contribution < 1.29 is 9.53 Å². The maximum absolute atomic E-state index is 12.6. The molecule has 1 aromatic rings. The summed E-state index contributed by atoms with van der Waals surface area (Å²) in [6, 6.07) is 7.39. The van der Waals surface area contributed by atoms with Crippen molar-refractivity contribution in [3.05, 3.63) is 29.8 Å². The number of amides is 1. The molecule has 46 heavy (non-hydrogen) atoms. The molecule has 1 aromatic carbocycles. The van der Waals surface area contributed by atoms with E-state index in [1.165, 1.54) is 180 Å². The van der Waals surface area contributed by atoms with E-state index in [0.29, 0.717) is 12.1 Å². The maximum Gasteiger partial charge on any atom is 0.251 e. The van der Waals surface area contributed by atoms with Crippen LogP contribution < -0.4 is 10.1 Å². The van der Waals surface area contributed by atoms with Crippen LogP contribution in [-0.4, -0.2) is 44.1 Å². The van der Waals surface area contributed by atoms with Gasteiger partial charge in [0.1, 0.15) is 5.75 Å². The van der Waals surface area contributed by atoms with Gasteiger partial charge in [0.25, 0.3) is 5.91 Å². The van der Waals surface area contributed by atoms with Crippen molar-refractivity contribution in [2.24, 2.45) is 0 Å². The summed E-state index contributed by atoms with van der Waals surface area (Å²) in [4.78, 5) is 15.3. The van der Waals surface area contributed by atoms with Gasteiger partial charge in [-0.15, -0.1) is 0 Å². The van der Waals surface area contributed by atoms with Crippen molar-refractivity contribution in [1.82, 2.24) is 10.2 Å². The van der Waals surface area contributed by atoms with Gasteiger partial charge in [-0.3, -0.25) is 4.79 Å². The predicted octanol–water partition coefficient (Wildman–Crippen LogP) is 12.7. The first-order valence-electron chi connectivity index (χ1n) is 20.4. The van der Waals surface area contributed by atoms with E-state index in [0.717, 1.165) is 25.4 Å². The van der Waals surface area contributed by atoms with Crippen LogP contribution in [0, 0.1) is 0 Å². The zero-order valence-corrected chi connectivity index (χ0v) is 31.2. The van der Waals surface area contributed by atoms with Gasteiger partial charge < -0.3 is 15.0 Å². The fourth-order valence-corrected chi connectivity index (χ4v) is 6.57. The number of carbonyl (C=O) groups excluding carboxylic acids is 1. The van der Waals surface area contributed by atoms with E-state index in [9.17, 15) is 4.79 Å². The Morgan fingerprint density at radius 1 is 0.500 bits per heavy atom. The lowest BCUT2D eigenvalue weighted by Gasteiger charge is -2.22. The number of methoxy groups -OCH3 is 1. The average molecular weight is 643 g/mol. The molecule has 0 aliphatic rings. The lowest BCUT2D eigenvalue weighted by atomic mass is 10.0. The molecule has 0 unspecified atom stereocenters. The Morgan fingerprint density at radius 3 is 1.15 bits per heavy atom. The summed E-state index contributed by atoms with van der Waals surface area (Å²) in [5, 5.41) is 3.15. The molecule has 4 nitrogen and oxygen atoms in total. The zero-order valence-electron chi connectivity index (χ0n) is 31.2. The number of nitrogens with zero attached hydrogens (tertiary/aromatic N) is 1. The van der Waals surface area contributed by atoms with Crippen molar-refractivity contribution in [2.45, 2.75) is 194 Å². The summed E-state index contributed by atoms with van der Waals surface area (Å²) in [6.07, 6.45) is 39.3. The average Bonchev–Trinajstić information content (AvgIpc) is 3.08. The van der Waals surface area contributed by atoms with Gasteiger partial charge in [-0.2, -0.15) is 0 Å². The highest BCUT2D eigenvalue weighted by atomic mass is 16.5. The monoisotopic (exact) mass is 643 g/mol. The Balaban J connectivity index is 2.19. The van der Waals surface area contributed by atoms with Crippen LogP contribution in [0.4, 0.5) is 0 Å². The van der Waals surface area contributed by atoms with E-state index < -0.39 is 0 Å². The molecule has 1 amide bonds. The molecular formula is C42H78N2O2. The Labute approximate surface area is 287 Å². The zero-order chi connectivity index (χ0) is 33.2. The number of hydrogen-bond acceptors (Lipinski definition) is 3. The summed E-state index contributed by atoms with van der Waals surface area (Å²) in [7, 11) is 1.65. The third-order valence-corrected chi connectivity index (χ3v) is 9.72. The second kappa shape index (κ2) is 33.4. The Bertz CT molecular complexity index is 733. The quantitative estimate of drug-likeness (QED) is 0.0749. The summed E-state index contributed by atoms with van der Waals surface area (Å²) >= 11 is 0. The summed E-state index contributed by atoms with van der Waals surface area (Å²) in [5.41, 5.74) is 0.700. The van der Waals surface area contributed by atoms with Crippen LogP contribution in [0.15, 0.2) is 24.3 Å². The van der Waals surface area contributed by atoms with E-state index in [1.807, 2.05) is 24.3 Å². The number of unbranched alkanes of at least 4 members (excludes halogenated alkanes) is 26. The molecule has 1 rings (SSSR count). The van der Waals surface area contributed by atoms with Gasteiger partial charge in [0.2, 0.25) is 0 Å². The van der Waals surface area contributed by atoms with Gasteiger partial charge in [-0.1, -0.05) is 181 Å². The van der Waals surface area contributed by atoms with Gasteiger partial charge in [-0.05, 0) is 50.2 Å². The summed E-state index contributed by atoms with van der Waals surface area (Å²) in [5.74, 6) is 0.791. The molecule has 0 heterocycles.